The van der Waals surface area contributed by atoms with E-state index in [1.54, 1.807) is 14.2 Å². The summed E-state index contributed by atoms with van der Waals surface area (Å²) in [6, 6.07) is 0. The molecule has 5 nitrogen and oxygen atoms in total. The lowest BCUT2D eigenvalue weighted by molar-refractivity contribution is -0.145. The first-order valence-corrected chi connectivity index (χ1v) is 6.62. The molecule has 0 saturated heterocycles. The van der Waals surface area contributed by atoms with Crippen molar-refractivity contribution in [2.75, 3.05) is 40.9 Å². The van der Waals surface area contributed by atoms with Gasteiger partial charge in [-0.15, -0.1) is 0 Å². The zero-order chi connectivity index (χ0) is 14.0. The maximum absolute atomic E-state index is 11.3. The number of carboxylic acids is 1. The maximum Gasteiger partial charge on any atom is 0.323 e. The molecule has 5 heteroatoms. The molecule has 0 aromatic carbocycles. The van der Waals surface area contributed by atoms with Crippen LogP contribution >= 0.6 is 0 Å². The lowest BCUT2D eigenvalue weighted by Crippen LogP contribution is -2.50. The van der Waals surface area contributed by atoms with Crippen molar-refractivity contribution < 1.29 is 14.6 Å². The van der Waals surface area contributed by atoms with E-state index >= 15 is 0 Å². The van der Waals surface area contributed by atoms with E-state index in [9.17, 15) is 9.90 Å². The van der Waals surface area contributed by atoms with Crippen LogP contribution in [-0.2, 0) is 9.53 Å². The Bertz CT molecular complexity index is 230. The van der Waals surface area contributed by atoms with E-state index in [4.69, 9.17) is 4.74 Å². The average molecular weight is 260 g/mol. The second-order valence-electron chi connectivity index (χ2n) is 4.74. The quantitative estimate of drug-likeness (QED) is 0.546. The Morgan fingerprint density at radius 3 is 2.44 bits per heavy atom. The Morgan fingerprint density at radius 1 is 1.39 bits per heavy atom. The molecule has 0 aliphatic carbocycles. The number of nitrogens with zero attached hydrogens (tertiary/aromatic N) is 1. The summed E-state index contributed by atoms with van der Waals surface area (Å²) in [6.07, 6.45) is 3.15. The first-order chi connectivity index (χ1) is 8.52. The van der Waals surface area contributed by atoms with E-state index in [1.165, 1.54) is 0 Å². The molecule has 0 rings (SSSR count). The van der Waals surface area contributed by atoms with Crippen molar-refractivity contribution in [2.24, 2.45) is 0 Å². The number of methoxy groups -OCH3 is 1. The number of hydrogen-bond donors (Lipinski definition) is 2. The number of ether oxygens (including phenoxy) is 1. The van der Waals surface area contributed by atoms with Crippen LogP contribution in [-0.4, -0.2) is 62.4 Å². The van der Waals surface area contributed by atoms with E-state index in [2.05, 4.69) is 17.3 Å². The third kappa shape index (κ3) is 5.80. The number of aliphatic carboxylic acids is 1. The molecule has 0 amide bonds. The largest absolute Gasteiger partial charge is 0.480 e. The minimum Gasteiger partial charge on any atom is -0.480 e. The smallest absolute Gasteiger partial charge is 0.323 e. The average Bonchev–Trinajstić information content (AvgIpc) is 2.35. The number of hydrogen-bond acceptors (Lipinski definition) is 4. The molecule has 0 saturated carbocycles. The fraction of sp³-hybridized carbons (Fsp3) is 0.923. The van der Waals surface area contributed by atoms with Crippen molar-refractivity contribution in [3.05, 3.63) is 0 Å². The fourth-order valence-electron chi connectivity index (χ4n) is 2.09. The molecule has 0 aromatic heterocycles. The summed E-state index contributed by atoms with van der Waals surface area (Å²) in [5, 5.41) is 12.2. The van der Waals surface area contributed by atoms with Crippen LogP contribution in [0.1, 0.15) is 32.6 Å². The third-order valence-electron chi connectivity index (χ3n) is 3.52. The molecule has 0 aromatic rings. The third-order valence-corrected chi connectivity index (χ3v) is 3.52. The predicted octanol–water partition coefficient (Wildman–Crippen LogP) is 1.19. The molecule has 0 heterocycles. The van der Waals surface area contributed by atoms with Crippen molar-refractivity contribution in [3.8, 4) is 0 Å². The van der Waals surface area contributed by atoms with Gasteiger partial charge in [0.1, 0.15) is 5.54 Å². The minimum absolute atomic E-state index is 0.603. The molecule has 0 radical (unpaired) electrons. The van der Waals surface area contributed by atoms with Gasteiger partial charge in [-0.3, -0.25) is 4.79 Å². The monoisotopic (exact) mass is 260 g/mol. The van der Waals surface area contributed by atoms with Gasteiger partial charge in [0.2, 0.25) is 0 Å². The number of carboxylic acid groups (broad SMARTS) is 1. The topological polar surface area (TPSA) is 61.8 Å². The Balaban J connectivity index is 3.96. The summed E-state index contributed by atoms with van der Waals surface area (Å²) in [5.41, 5.74) is -0.770. The van der Waals surface area contributed by atoms with E-state index in [0.717, 1.165) is 32.5 Å². The van der Waals surface area contributed by atoms with Crippen molar-refractivity contribution in [2.45, 2.75) is 38.1 Å². The second kappa shape index (κ2) is 9.30. The fourth-order valence-corrected chi connectivity index (χ4v) is 2.09. The molecule has 0 aliphatic heterocycles. The first-order valence-electron chi connectivity index (χ1n) is 6.62. The van der Waals surface area contributed by atoms with Gasteiger partial charge in [0.25, 0.3) is 0 Å². The lowest BCUT2D eigenvalue weighted by atomic mass is 9.90. The molecule has 0 spiro atoms. The maximum atomic E-state index is 11.3. The number of likely N-dealkylation sites (N-methyl/N-ethyl adjacent to an activating group) is 1. The van der Waals surface area contributed by atoms with Gasteiger partial charge in [0.05, 0.1) is 0 Å². The zero-order valence-electron chi connectivity index (χ0n) is 12.2. The highest BCUT2D eigenvalue weighted by molar-refractivity contribution is 5.78. The van der Waals surface area contributed by atoms with Crippen LogP contribution in [0.5, 0.6) is 0 Å². The van der Waals surface area contributed by atoms with Gasteiger partial charge in [-0.25, -0.2) is 0 Å². The molecular formula is C13H28N2O3. The molecule has 18 heavy (non-hydrogen) atoms. The summed E-state index contributed by atoms with van der Waals surface area (Å²) in [4.78, 5) is 13.5. The molecule has 1 unspecified atom stereocenters. The number of nitrogens with one attached hydrogen (secondary N) is 1. The molecule has 1 atom stereocenters. The molecule has 0 bridgehead atoms. The summed E-state index contributed by atoms with van der Waals surface area (Å²) in [5.74, 6) is -0.755. The summed E-state index contributed by atoms with van der Waals surface area (Å²) in [7, 11) is 5.48. The summed E-state index contributed by atoms with van der Waals surface area (Å²) in [6.45, 7) is 4.59. The van der Waals surface area contributed by atoms with Gasteiger partial charge in [-0.2, -0.15) is 0 Å². The Kier molecular flexibility index (Phi) is 8.97. The summed E-state index contributed by atoms with van der Waals surface area (Å²) < 4.78 is 5.00. The highest BCUT2D eigenvalue weighted by atomic mass is 16.5. The highest BCUT2D eigenvalue weighted by Crippen LogP contribution is 2.17. The van der Waals surface area contributed by atoms with Crippen molar-refractivity contribution in [1.82, 2.24) is 10.2 Å². The summed E-state index contributed by atoms with van der Waals surface area (Å²) >= 11 is 0. The Hall–Kier alpha value is -0.650. The van der Waals surface area contributed by atoms with Crippen LogP contribution in [0.15, 0.2) is 0 Å². The van der Waals surface area contributed by atoms with Gasteiger partial charge in [-0.1, -0.05) is 6.92 Å². The Labute approximate surface area is 110 Å². The number of rotatable bonds is 11. The van der Waals surface area contributed by atoms with Gasteiger partial charge in [0.15, 0.2) is 0 Å². The van der Waals surface area contributed by atoms with Crippen LogP contribution in [0.4, 0.5) is 0 Å². The van der Waals surface area contributed by atoms with Gasteiger partial charge in [-0.05, 0) is 46.3 Å². The van der Waals surface area contributed by atoms with Crippen LogP contribution < -0.4 is 5.32 Å². The molecule has 0 fully saturated rings. The number of carbonyl (C=O) groups is 1. The normalized spacial score (nSPS) is 14.7. The predicted molar refractivity (Wildman–Crippen MR) is 72.9 cm³/mol. The van der Waals surface area contributed by atoms with E-state index in [1.807, 2.05) is 6.92 Å². The van der Waals surface area contributed by atoms with E-state index < -0.39 is 11.5 Å². The van der Waals surface area contributed by atoms with Gasteiger partial charge in [0, 0.05) is 20.3 Å². The SMILES string of the molecule is CCC(CCCN(C)CCCOC)(NC)C(=O)O. The van der Waals surface area contributed by atoms with Crippen LogP contribution in [0.2, 0.25) is 0 Å². The van der Waals surface area contributed by atoms with Crippen LogP contribution in [0, 0.1) is 0 Å². The molecule has 0 aliphatic rings. The lowest BCUT2D eigenvalue weighted by Gasteiger charge is -2.28. The van der Waals surface area contributed by atoms with Crippen molar-refractivity contribution in [1.29, 1.82) is 0 Å². The minimum atomic E-state index is -0.770. The van der Waals surface area contributed by atoms with Crippen LogP contribution in [0.25, 0.3) is 0 Å². The standard InChI is InChI=1S/C13H28N2O3/c1-5-13(14-2,12(16)17)8-6-9-15(3)10-7-11-18-4/h14H,5-11H2,1-4H3,(H,16,17). The highest BCUT2D eigenvalue weighted by Gasteiger charge is 2.34. The van der Waals surface area contributed by atoms with Gasteiger partial charge >= 0.3 is 5.97 Å². The Morgan fingerprint density at radius 2 is 2.00 bits per heavy atom. The van der Waals surface area contributed by atoms with Gasteiger partial charge < -0.3 is 20.1 Å². The second-order valence-corrected chi connectivity index (χ2v) is 4.74. The van der Waals surface area contributed by atoms with E-state index in [-0.39, 0.29) is 0 Å². The molecule has 2 N–H and O–H groups in total. The first kappa shape index (κ1) is 17.4. The van der Waals surface area contributed by atoms with Crippen molar-refractivity contribution in [3.63, 3.8) is 0 Å². The molecular weight excluding hydrogens is 232 g/mol. The van der Waals surface area contributed by atoms with E-state index in [0.29, 0.717) is 12.8 Å². The van der Waals surface area contributed by atoms with Crippen molar-refractivity contribution >= 4 is 5.97 Å². The zero-order valence-corrected chi connectivity index (χ0v) is 12.2. The van der Waals surface area contributed by atoms with Crippen LogP contribution in [0.3, 0.4) is 0 Å². The molecule has 108 valence electrons.